The Kier molecular flexibility index (Phi) is 3.88. The van der Waals surface area contributed by atoms with E-state index >= 15 is 0 Å². The van der Waals surface area contributed by atoms with Crippen LogP contribution in [-0.2, 0) is 0 Å². The highest BCUT2D eigenvalue weighted by Gasteiger charge is 2.09. The number of nitrogens with two attached hydrogens (primary N) is 1. The molecule has 0 radical (unpaired) electrons. The number of aromatic nitrogens is 2. The zero-order chi connectivity index (χ0) is 11.4. The molecule has 4 nitrogen and oxygen atoms in total. The highest BCUT2D eigenvalue weighted by Crippen LogP contribution is 2.15. The molecule has 0 amide bonds. The van der Waals surface area contributed by atoms with Crippen molar-refractivity contribution >= 4 is 11.6 Å². The molecule has 2 N–H and O–H groups in total. The third-order valence-corrected chi connectivity index (χ3v) is 2.14. The van der Waals surface area contributed by atoms with Crippen molar-refractivity contribution in [3.05, 3.63) is 11.9 Å². The number of hydrogen-bond acceptors (Lipinski definition) is 4. The molecule has 0 aromatic carbocycles. The molecule has 1 rings (SSSR count). The third-order valence-electron chi connectivity index (χ3n) is 2.14. The van der Waals surface area contributed by atoms with Gasteiger partial charge in [-0.15, -0.1) is 0 Å². The first kappa shape index (κ1) is 11.8. The SMILES string of the molecule is CCN(CC(C)C)c1cc(N)nc(C)n1. The van der Waals surface area contributed by atoms with E-state index in [0.717, 1.165) is 24.7 Å². The zero-order valence-corrected chi connectivity index (χ0v) is 9.99. The van der Waals surface area contributed by atoms with E-state index in [2.05, 4.69) is 35.6 Å². The number of rotatable bonds is 4. The van der Waals surface area contributed by atoms with Crippen molar-refractivity contribution in [3.63, 3.8) is 0 Å². The Labute approximate surface area is 91.5 Å². The van der Waals surface area contributed by atoms with Gasteiger partial charge in [-0.3, -0.25) is 0 Å². The number of nitrogen functional groups attached to an aromatic ring is 1. The number of hydrogen-bond donors (Lipinski definition) is 1. The van der Waals surface area contributed by atoms with Crippen molar-refractivity contribution in [3.8, 4) is 0 Å². The fraction of sp³-hybridized carbons (Fsp3) is 0.636. The molecule has 4 heteroatoms. The molecule has 0 aliphatic carbocycles. The van der Waals surface area contributed by atoms with E-state index in [9.17, 15) is 0 Å². The van der Waals surface area contributed by atoms with E-state index in [1.165, 1.54) is 0 Å². The van der Waals surface area contributed by atoms with Crippen LogP contribution in [0.15, 0.2) is 6.07 Å². The first-order chi connectivity index (χ1) is 7.02. The number of nitrogens with zero attached hydrogens (tertiary/aromatic N) is 3. The Morgan fingerprint density at radius 1 is 1.40 bits per heavy atom. The molecule has 0 aliphatic rings. The van der Waals surface area contributed by atoms with Gasteiger partial charge in [-0.2, -0.15) is 0 Å². The molecular weight excluding hydrogens is 188 g/mol. The quantitative estimate of drug-likeness (QED) is 0.820. The minimum Gasteiger partial charge on any atom is -0.384 e. The lowest BCUT2D eigenvalue weighted by Gasteiger charge is -2.24. The van der Waals surface area contributed by atoms with Gasteiger partial charge >= 0.3 is 0 Å². The lowest BCUT2D eigenvalue weighted by Crippen LogP contribution is -2.28. The fourth-order valence-electron chi connectivity index (χ4n) is 1.56. The molecule has 0 bridgehead atoms. The van der Waals surface area contributed by atoms with Crippen LogP contribution >= 0.6 is 0 Å². The number of aryl methyl sites for hydroxylation is 1. The van der Waals surface area contributed by atoms with E-state index in [0.29, 0.717) is 11.7 Å². The third kappa shape index (κ3) is 3.38. The molecule has 0 fully saturated rings. The van der Waals surface area contributed by atoms with E-state index in [4.69, 9.17) is 5.73 Å². The molecule has 0 unspecified atom stereocenters. The smallest absolute Gasteiger partial charge is 0.134 e. The summed E-state index contributed by atoms with van der Waals surface area (Å²) in [6.45, 7) is 10.3. The van der Waals surface area contributed by atoms with Gasteiger partial charge in [-0.1, -0.05) is 13.8 Å². The standard InChI is InChI=1S/C11H20N4/c1-5-15(7-8(2)3)11-6-10(12)13-9(4)14-11/h6,8H,5,7H2,1-4H3,(H2,12,13,14). The van der Waals surface area contributed by atoms with E-state index < -0.39 is 0 Å². The maximum atomic E-state index is 5.70. The van der Waals surface area contributed by atoms with Crippen LogP contribution in [0.2, 0.25) is 0 Å². The minimum absolute atomic E-state index is 0.541. The van der Waals surface area contributed by atoms with Crippen LogP contribution in [0.1, 0.15) is 26.6 Å². The van der Waals surface area contributed by atoms with Crippen LogP contribution < -0.4 is 10.6 Å². The highest BCUT2D eigenvalue weighted by molar-refractivity contribution is 5.46. The van der Waals surface area contributed by atoms with E-state index in [-0.39, 0.29) is 0 Å². The zero-order valence-electron chi connectivity index (χ0n) is 9.99. The summed E-state index contributed by atoms with van der Waals surface area (Å²) in [4.78, 5) is 10.7. The Hall–Kier alpha value is -1.32. The van der Waals surface area contributed by atoms with Crippen molar-refractivity contribution in [2.24, 2.45) is 5.92 Å². The van der Waals surface area contributed by atoms with Crippen molar-refractivity contribution in [2.45, 2.75) is 27.7 Å². The largest absolute Gasteiger partial charge is 0.384 e. The van der Waals surface area contributed by atoms with Crippen molar-refractivity contribution in [1.82, 2.24) is 9.97 Å². The average Bonchev–Trinajstić information content (AvgIpc) is 2.12. The predicted octanol–water partition coefficient (Wildman–Crippen LogP) is 1.85. The summed E-state index contributed by atoms with van der Waals surface area (Å²) in [5.74, 6) is 2.81. The molecule has 1 heterocycles. The van der Waals surface area contributed by atoms with Crippen molar-refractivity contribution in [1.29, 1.82) is 0 Å². The minimum atomic E-state index is 0.541. The van der Waals surface area contributed by atoms with Crippen LogP contribution in [0.4, 0.5) is 11.6 Å². The Balaban J connectivity index is 2.91. The maximum absolute atomic E-state index is 5.70. The molecule has 15 heavy (non-hydrogen) atoms. The summed E-state index contributed by atoms with van der Waals surface area (Å²) in [6.07, 6.45) is 0. The number of anilines is 2. The van der Waals surface area contributed by atoms with Gasteiger partial charge in [-0.05, 0) is 19.8 Å². The Morgan fingerprint density at radius 2 is 2.07 bits per heavy atom. The second-order valence-corrected chi connectivity index (χ2v) is 4.13. The second-order valence-electron chi connectivity index (χ2n) is 4.13. The summed E-state index contributed by atoms with van der Waals surface area (Å²) < 4.78 is 0. The van der Waals surface area contributed by atoms with Crippen LogP contribution in [0, 0.1) is 12.8 Å². The average molecular weight is 208 g/mol. The topological polar surface area (TPSA) is 55.0 Å². The monoisotopic (exact) mass is 208 g/mol. The van der Waals surface area contributed by atoms with Crippen LogP contribution in [0.3, 0.4) is 0 Å². The summed E-state index contributed by atoms with van der Waals surface area (Å²) >= 11 is 0. The Morgan fingerprint density at radius 3 is 2.53 bits per heavy atom. The first-order valence-electron chi connectivity index (χ1n) is 5.39. The molecular formula is C11H20N4. The molecule has 1 aromatic rings. The van der Waals surface area contributed by atoms with Crippen molar-refractivity contribution < 1.29 is 0 Å². The van der Waals surface area contributed by atoms with E-state index in [1.807, 2.05) is 13.0 Å². The van der Waals surface area contributed by atoms with Gasteiger partial charge in [0.25, 0.3) is 0 Å². The highest BCUT2D eigenvalue weighted by atomic mass is 15.2. The molecule has 84 valence electrons. The van der Waals surface area contributed by atoms with E-state index in [1.54, 1.807) is 0 Å². The van der Waals surface area contributed by atoms with Crippen LogP contribution in [0.5, 0.6) is 0 Å². The van der Waals surface area contributed by atoms with Crippen molar-refractivity contribution in [2.75, 3.05) is 23.7 Å². The summed E-state index contributed by atoms with van der Waals surface area (Å²) in [5.41, 5.74) is 5.70. The van der Waals surface area contributed by atoms with Gasteiger partial charge in [0, 0.05) is 19.2 Å². The normalized spacial score (nSPS) is 10.7. The van der Waals surface area contributed by atoms with Gasteiger partial charge in [0.15, 0.2) is 0 Å². The van der Waals surface area contributed by atoms with Crippen LogP contribution in [-0.4, -0.2) is 23.1 Å². The van der Waals surface area contributed by atoms with Gasteiger partial charge in [0.05, 0.1) is 0 Å². The fourth-order valence-corrected chi connectivity index (χ4v) is 1.56. The molecule has 0 spiro atoms. The summed E-state index contributed by atoms with van der Waals surface area (Å²) in [6, 6.07) is 1.83. The second kappa shape index (κ2) is 4.96. The Bertz CT molecular complexity index is 302. The lowest BCUT2D eigenvalue weighted by molar-refractivity contribution is 0.613. The molecule has 0 aliphatic heterocycles. The molecule has 0 atom stereocenters. The lowest BCUT2D eigenvalue weighted by atomic mass is 10.2. The summed E-state index contributed by atoms with van der Waals surface area (Å²) in [7, 11) is 0. The van der Waals surface area contributed by atoms with Gasteiger partial charge < -0.3 is 10.6 Å². The molecule has 0 saturated carbocycles. The summed E-state index contributed by atoms with van der Waals surface area (Å²) in [5, 5.41) is 0. The maximum Gasteiger partial charge on any atom is 0.134 e. The van der Waals surface area contributed by atoms with Gasteiger partial charge in [-0.25, -0.2) is 9.97 Å². The molecule has 1 aromatic heterocycles. The first-order valence-corrected chi connectivity index (χ1v) is 5.39. The van der Waals surface area contributed by atoms with Gasteiger partial charge in [0.2, 0.25) is 0 Å². The van der Waals surface area contributed by atoms with Crippen LogP contribution in [0.25, 0.3) is 0 Å². The predicted molar refractivity (Wildman–Crippen MR) is 63.9 cm³/mol. The molecule has 0 saturated heterocycles. The van der Waals surface area contributed by atoms with Gasteiger partial charge in [0.1, 0.15) is 17.5 Å².